The lowest BCUT2D eigenvalue weighted by Crippen LogP contribution is -2.23. The number of rotatable bonds is 7. The van der Waals surface area contributed by atoms with Gasteiger partial charge in [0.05, 0.1) is 21.3 Å². The first-order valence-electron chi connectivity index (χ1n) is 10.2. The van der Waals surface area contributed by atoms with Gasteiger partial charge >= 0.3 is 0 Å². The molecule has 0 N–H and O–H groups in total. The van der Waals surface area contributed by atoms with E-state index in [0.717, 1.165) is 22.8 Å². The Morgan fingerprint density at radius 3 is 1.37 bits per heavy atom. The number of hydrogen-bond acceptors (Lipinski definition) is 3. The van der Waals surface area contributed by atoms with Crippen LogP contribution in [0.3, 0.4) is 0 Å². The Kier molecular flexibility index (Phi) is 6.12. The summed E-state index contributed by atoms with van der Waals surface area (Å²) in [6.07, 6.45) is 0. The van der Waals surface area contributed by atoms with Gasteiger partial charge in [-0.1, -0.05) is 64.1 Å². The second-order valence-corrected chi connectivity index (χ2v) is 8.62. The van der Waals surface area contributed by atoms with Crippen molar-refractivity contribution in [1.82, 2.24) is 0 Å². The molecular weight excluding hydrogens is 372 g/mol. The van der Waals surface area contributed by atoms with E-state index in [0.29, 0.717) is 0 Å². The second-order valence-electron chi connectivity index (χ2n) is 8.62. The van der Waals surface area contributed by atoms with Crippen molar-refractivity contribution in [2.75, 3.05) is 21.3 Å². The van der Waals surface area contributed by atoms with Crippen LogP contribution in [0.15, 0.2) is 66.7 Å². The minimum Gasteiger partial charge on any atom is -0.497 e. The highest BCUT2D eigenvalue weighted by Gasteiger charge is 2.30. The molecule has 0 aliphatic carbocycles. The maximum atomic E-state index is 5.76. The zero-order valence-corrected chi connectivity index (χ0v) is 19.1. The molecule has 3 nitrogen and oxygen atoms in total. The van der Waals surface area contributed by atoms with Crippen molar-refractivity contribution in [1.29, 1.82) is 0 Å². The molecule has 0 heterocycles. The third kappa shape index (κ3) is 4.02. The van der Waals surface area contributed by atoms with Crippen LogP contribution in [0.25, 0.3) is 0 Å². The van der Waals surface area contributed by atoms with Gasteiger partial charge in [-0.25, -0.2) is 0 Å². The van der Waals surface area contributed by atoms with Gasteiger partial charge in [0.1, 0.15) is 17.2 Å². The Labute approximate surface area is 180 Å². The molecule has 0 unspecified atom stereocenters. The molecule has 158 valence electrons. The van der Waals surface area contributed by atoms with E-state index in [1.165, 1.54) is 16.7 Å². The molecular formula is C27H32O3. The zero-order valence-electron chi connectivity index (χ0n) is 19.1. The summed E-state index contributed by atoms with van der Waals surface area (Å²) in [5.41, 5.74) is 4.45. The van der Waals surface area contributed by atoms with Gasteiger partial charge in [0.25, 0.3) is 0 Å². The fraction of sp³-hybridized carbons (Fsp3) is 0.333. The maximum absolute atomic E-state index is 5.76. The molecule has 0 atom stereocenters. The van der Waals surface area contributed by atoms with E-state index in [1.807, 2.05) is 24.3 Å². The zero-order chi connectivity index (χ0) is 21.9. The number of ether oxygens (including phenoxy) is 3. The van der Waals surface area contributed by atoms with Crippen LogP contribution in [0.2, 0.25) is 0 Å². The lowest BCUT2D eigenvalue weighted by Gasteiger charge is -2.32. The minimum absolute atomic E-state index is 0.163. The third-order valence-corrected chi connectivity index (χ3v) is 6.22. The van der Waals surface area contributed by atoms with E-state index in [4.69, 9.17) is 14.2 Å². The van der Waals surface area contributed by atoms with Gasteiger partial charge in [-0.05, 0) is 47.0 Å². The van der Waals surface area contributed by atoms with Crippen molar-refractivity contribution in [2.24, 2.45) is 0 Å². The molecule has 30 heavy (non-hydrogen) atoms. The molecule has 3 rings (SSSR count). The van der Waals surface area contributed by atoms with Gasteiger partial charge < -0.3 is 14.2 Å². The summed E-state index contributed by atoms with van der Waals surface area (Å²) in [5.74, 6) is 2.62. The summed E-state index contributed by atoms with van der Waals surface area (Å²) >= 11 is 0. The first-order valence-corrected chi connectivity index (χ1v) is 10.2. The summed E-state index contributed by atoms with van der Waals surface area (Å²) in [4.78, 5) is 0. The predicted molar refractivity (Wildman–Crippen MR) is 123 cm³/mol. The van der Waals surface area contributed by atoms with Gasteiger partial charge in [0.2, 0.25) is 0 Å². The van der Waals surface area contributed by atoms with Gasteiger partial charge in [0, 0.05) is 16.4 Å². The standard InChI is InChI=1S/C27H32O3/c1-26(2,19-8-13-22(28-5)14-9-19)21-12-17-25(30-7)24(18-21)27(3,4)20-10-15-23(29-6)16-11-20/h8-18H,1-7H3. The van der Waals surface area contributed by atoms with Crippen LogP contribution < -0.4 is 14.2 Å². The second kappa shape index (κ2) is 8.43. The third-order valence-electron chi connectivity index (χ3n) is 6.22. The molecule has 0 aliphatic rings. The van der Waals surface area contributed by atoms with Crippen LogP contribution in [0.5, 0.6) is 17.2 Å². The van der Waals surface area contributed by atoms with Crippen molar-refractivity contribution in [2.45, 2.75) is 38.5 Å². The minimum atomic E-state index is -0.233. The van der Waals surface area contributed by atoms with Gasteiger partial charge in [-0.2, -0.15) is 0 Å². The van der Waals surface area contributed by atoms with Crippen LogP contribution in [0.1, 0.15) is 49.9 Å². The molecule has 0 fully saturated rings. The molecule has 0 aromatic heterocycles. The Balaban J connectivity index is 2.07. The van der Waals surface area contributed by atoms with E-state index < -0.39 is 0 Å². The van der Waals surface area contributed by atoms with E-state index in [9.17, 15) is 0 Å². The van der Waals surface area contributed by atoms with Crippen LogP contribution in [0, 0.1) is 0 Å². The van der Waals surface area contributed by atoms with Crippen molar-refractivity contribution < 1.29 is 14.2 Å². The molecule has 3 heteroatoms. The highest BCUT2D eigenvalue weighted by molar-refractivity contribution is 5.51. The first kappa shape index (κ1) is 21.8. The average Bonchev–Trinajstić information content (AvgIpc) is 2.78. The molecule has 0 saturated heterocycles. The average molecular weight is 405 g/mol. The predicted octanol–water partition coefficient (Wildman–Crippen LogP) is 6.36. The number of benzene rings is 3. The summed E-state index contributed by atoms with van der Waals surface area (Å²) in [6.45, 7) is 8.97. The van der Waals surface area contributed by atoms with Crippen molar-refractivity contribution >= 4 is 0 Å². The van der Waals surface area contributed by atoms with Crippen molar-refractivity contribution in [3.05, 3.63) is 89.0 Å². The van der Waals surface area contributed by atoms with Crippen LogP contribution in [0.4, 0.5) is 0 Å². The van der Waals surface area contributed by atoms with Crippen LogP contribution in [-0.2, 0) is 10.8 Å². The first-order chi connectivity index (χ1) is 14.2. The Morgan fingerprint density at radius 1 is 0.500 bits per heavy atom. The molecule has 3 aromatic carbocycles. The number of hydrogen-bond donors (Lipinski definition) is 0. The Bertz CT molecular complexity index is 984. The summed E-state index contributed by atoms with van der Waals surface area (Å²) in [5, 5.41) is 0. The van der Waals surface area contributed by atoms with Crippen LogP contribution in [-0.4, -0.2) is 21.3 Å². The monoisotopic (exact) mass is 404 g/mol. The largest absolute Gasteiger partial charge is 0.497 e. The van der Waals surface area contributed by atoms with Gasteiger partial charge in [0.15, 0.2) is 0 Å². The normalized spacial score (nSPS) is 11.8. The SMILES string of the molecule is COc1ccc(C(C)(C)c2ccc(OC)c(C(C)(C)c3ccc(OC)cc3)c2)cc1. The highest BCUT2D eigenvalue weighted by Crippen LogP contribution is 2.41. The Hall–Kier alpha value is -2.94. The lowest BCUT2D eigenvalue weighted by atomic mass is 9.73. The molecule has 0 saturated carbocycles. The molecule has 0 amide bonds. The van der Waals surface area contributed by atoms with Gasteiger partial charge in [-0.3, -0.25) is 0 Å². The van der Waals surface area contributed by atoms with E-state index in [-0.39, 0.29) is 10.8 Å². The molecule has 0 spiro atoms. The smallest absolute Gasteiger partial charge is 0.122 e. The van der Waals surface area contributed by atoms with Crippen molar-refractivity contribution in [3.8, 4) is 17.2 Å². The molecule has 0 radical (unpaired) electrons. The van der Waals surface area contributed by atoms with E-state index >= 15 is 0 Å². The Morgan fingerprint density at radius 2 is 0.933 bits per heavy atom. The molecule has 0 aliphatic heterocycles. The van der Waals surface area contributed by atoms with Gasteiger partial charge in [-0.15, -0.1) is 0 Å². The topological polar surface area (TPSA) is 27.7 Å². The summed E-state index contributed by atoms with van der Waals surface area (Å²) < 4.78 is 16.4. The fourth-order valence-corrected chi connectivity index (χ4v) is 3.92. The molecule has 0 bridgehead atoms. The van der Waals surface area contributed by atoms with Crippen LogP contribution >= 0.6 is 0 Å². The summed E-state index contributed by atoms with van der Waals surface area (Å²) in [6, 6.07) is 23.1. The molecule has 3 aromatic rings. The quantitative estimate of drug-likeness (QED) is 0.458. The fourth-order valence-electron chi connectivity index (χ4n) is 3.92. The maximum Gasteiger partial charge on any atom is 0.122 e. The number of methoxy groups -OCH3 is 3. The van der Waals surface area contributed by atoms with E-state index in [1.54, 1.807) is 21.3 Å². The lowest BCUT2D eigenvalue weighted by molar-refractivity contribution is 0.399. The highest BCUT2D eigenvalue weighted by atomic mass is 16.5. The van der Waals surface area contributed by atoms with Crippen molar-refractivity contribution in [3.63, 3.8) is 0 Å². The van der Waals surface area contributed by atoms with E-state index in [2.05, 4.69) is 70.2 Å². The summed E-state index contributed by atoms with van der Waals surface area (Å²) in [7, 11) is 5.11.